The van der Waals surface area contributed by atoms with Gasteiger partial charge in [-0.1, -0.05) is 34.1 Å². The monoisotopic (exact) mass is 196 g/mol. The third-order valence-electron chi connectivity index (χ3n) is 2.46. The maximum absolute atomic E-state index is 11.6. The van der Waals surface area contributed by atoms with E-state index in [2.05, 4.69) is 11.4 Å². The number of nitriles is 1. The maximum atomic E-state index is 11.6. The smallest absolute Gasteiger partial charge is 0.224 e. The van der Waals surface area contributed by atoms with Crippen molar-refractivity contribution >= 4 is 5.91 Å². The van der Waals surface area contributed by atoms with E-state index < -0.39 is 0 Å². The highest BCUT2D eigenvalue weighted by molar-refractivity contribution is 5.79. The van der Waals surface area contributed by atoms with Crippen molar-refractivity contribution in [3.8, 4) is 6.07 Å². The summed E-state index contributed by atoms with van der Waals surface area (Å²) in [5.74, 6) is 0.277. The van der Waals surface area contributed by atoms with E-state index in [1.54, 1.807) is 0 Å². The van der Waals surface area contributed by atoms with Crippen LogP contribution in [0.1, 0.15) is 40.5 Å². The Morgan fingerprint density at radius 2 is 2.00 bits per heavy atom. The molecule has 0 saturated heterocycles. The van der Waals surface area contributed by atoms with Gasteiger partial charge < -0.3 is 5.32 Å². The summed E-state index contributed by atoms with van der Waals surface area (Å²) in [6.07, 6.45) is 1.64. The average molecular weight is 196 g/mol. The summed E-state index contributed by atoms with van der Waals surface area (Å²) >= 11 is 0. The van der Waals surface area contributed by atoms with Gasteiger partial charge in [0.15, 0.2) is 0 Å². The Morgan fingerprint density at radius 3 is 2.36 bits per heavy atom. The van der Waals surface area contributed by atoms with Crippen LogP contribution >= 0.6 is 0 Å². The van der Waals surface area contributed by atoms with Crippen LogP contribution < -0.4 is 5.32 Å². The van der Waals surface area contributed by atoms with E-state index in [0.29, 0.717) is 5.92 Å². The zero-order chi connectivity index (χ0) is 11.1. The van der Waals surface area contributed by atoms with Gasteiger partial charge in [-0.2, -0.15) is 5.26 Å². The van der Waals surface area contributed by atoms with E-state index in [4.69, 9.17) is 5.26 Å². The van der Waals surface area contributed by atoms with Crippen molar-refractivity contribution in [1.82, 2.24) is 5.32 Å². The molecule has 0 aliphatic heterocycles. The van der Waals surface area contributed by atoms with Gasteiger partial charge in [0.05, 0.1) is 6.07 Å². The van der Waals surface area contributed by atoms with Gasteiger partial charge in [-0.3, -0.25) is 4.79 Å². The van der Waals surface area contributed by atoms with Crippen molar-refractivity contribution in [2.45, 2.75) is 46.6 Å². The number of hydrogen-bond donors (Lipinski definition) is 1. The molecule has 2 atom stereocenters. The second kappa shape index (κ2) is 6.42. The minimum Gasteiger partial charge on any atom is -0.340 e. The largest absolute Gasteiger partial charge is 0.340 e. The van der Waals surface area contributed by atoms with Crippen molar-refractivity contribution in [2.24, 2.45) is 11.8 Å². The summed E-state index contributed by atoms with van der Waals surface area (Å²) in [5, 5.41) is 11.5. The lowest BCUT2D eigenvalue weighted by atomic mass is 9.97. The Bertz CT molecular complexity index is 218. The third-order valence-corrected chi connectivity index (χ3v) is 2.46. The van der Waals surface area contributed by atoms with Crippen LogP contribution in [-0.2, 0) is 4.79 Å². The second-order valence-electron chi connectivity index (χ2n) is 4.01. The topological polar surface area (TPSA) is 52.9 Å². The summed E-state index contributed by atoms with van der Waals surface area (Å²) in [4.78, 5) is 11.6. The molecule has 0 aromatic carbocycles. The summed E-state index contributed by atoms with van der Waals surface area (Å²) < 4.78 is 0. The first-order chi connectivity index (χ1) is 6.52. The van der Waals surface area contributed by atoms with Crippen LogP contribution in [0.25, 0.3) is 0 Å². The Morgan fingerprint density at radius 1 is 1.43 bits per heavy atom. The standard InChI is InChI=1S/C11H20N2O/c1-5-6-10(7-12)13-11(14)9(4)8(2)3/h8-10H,5-6H2,1-4H3,(H,13,14). The van der Waals surface area contributed by atoms with Gasteiger partial charge in [-0.15, -0.1) is 0 Å². The van der Waals surface area contributed by atoms with Gasteiger partial charge in [0, 0.05) is 5.92 Å². The van der Waals surface area contributed by atoms with Gasteiger partial charge in [0.1, 0.15) is 6.04 Å². The molecule has 14 heavy (non-hydrogen) atoms. The van der Waals surface area contributed by atoms with E-state index in [-0.39, 0.29) is 17.9 Å². The predicted octanol–water partition coefficient (Wildman–Crippen LogP) is 2.09. The molecular weight excluding hydrogens is 176 g/mol. The van der Waals surface area contributed by atoms with E-state index in [1.165, 1.54) is 0 Å². The molecule has 0 rings (SSSR count). The van der Waals surface area contributed by atoms with Crippen molar-refractivity contribution in [3.05, 3.63) is 0 Å². The lowest BCUT2D eigenvalue weighted by molar-refractivity contribution is -0.126. The molecule has 0 radical (unpaired) electrons. The summed E-state index contributed by atoms with van der Waals surface area (Å²) in [6.45, 7) is 7.90. The minimum atomic E-state index is -0.325. The van der Waals surface area contributed by atoms with Crippen LogP contribution in [0.4, 0.5) is 0 Å². The SMILES string of the molecule is CCCC(C#N)NC(=O)C(C)C(C)C. The molecule has 0 spiro atoms. The Labute approximate surface area is 86.5 Å². The summed E-state index contributed by atoms with van der Waals surface area (Å²) in [7, 11) is 0. The Hall–Kier alpha value is -1.04. The first-order valence-electron chi connectivity index (χ1n) is 5.22. The average Bonchev–Trinajstić information content (AvgIpc) is 2.15. The molecule has 0 aromatic heterocycles. The quantitative estimate of drug-likeness (QED) is 0.732. The number of carbonyl (C=O) groups excluding carboxylic acids is 1. The summed E-state index contributed by atoms with van der Waals surface area (Å²) in [5.41, 5.74) is 0. The fraction of sp³-hybridized carbons (Fsp3) is 0.818. The zero-order valence-corrected chi connectivity index (χ0v) is 9.50. The van der Waals surface area contributed by atoms with Crippen LogP contribution in [0.2, 0.25) is 0 Å². The second-order valence-corrected chi connectivity index (χ2v) is 4.01. The molecule has 0 aromatic rings. The Balaban J connectivity index is 4.10. The van der Waals surface area contributed by atoms with Crippen LogP contribution in [0.15, 0.2) is 0 Å². The van der Waals surface area contributed by atoms with Crippen molar-refractivity contribution in [1.29, 1.82) is 5.26 Å². The van der Waals surface area contributed by atoms with Crippen LogP contribution in [0.5, 0.6) is 0 Å². The Kier molecular flexibility index (Phi) is 5.94. The predicted molar refractivity (Wildman–Crippen MR) is 56.5 cm³/mol. The van der Waals surface area contributed by atoms with E-state index in [9.17, 15) is 4.79 Å². The molecule has 0 bridgehead atoms. The lowest BCUT2D eigenvalue weighted by Crippen LogP contribution is -2.38. The fourth-order valence-corrected chi connectivity index (χ4v) is 1.06. The van der Waals surface area contributed by atoms with Crippen molar-refractivity contribution in [3.63, 3.8) is 0 Å². The van der Waals surface area contributed by atoms with E-state index in [1.807, 2.05) is 27.7 Å². The molecule has 1 amide bonds. The molecule has 80 valence electrons. The van der Waals surface area contributed by atoms with E-state index >= 15 is 0 Å². The highest BCUT2D eigenvalue weighted by Gasteiger charge is 2.19. The molecule has 0 aliphatic rings. The minimum absolute atomic E-state index is 0.0139. The lowest BCUT2D eigenvalue weighted by Gasteiger charge is -2.17. The number of carbonyl (C=O) groups is 1. The maximum Gasteiger partial charge on any atom is 0.224 e. The molecular formula is C11H20N2O. The van der Waals surface area contributed by atoms with Gasteiger partial charge in [0.25, 0.3) is 0 Å². The first-order valence-corrected chi connectivity index (χ1v) is 5.22. The van der Waals surface area contributed by atoms with E-state index in [0.717, 1.165) is 12.8 Å². The van der Waals surface area contributed by atoms with Gasteiger partial charge in [0.2, 0.25) is 5.91 Å². The third kappa shape index (κ3) is 4.27. The molecule has 3 heteroatoms. The number of rotatable bonds is 5. The summed E-state index contributed by atoms with van der Waals surface area (Å²) in [6, 6.07) is 1.77. The van der Waals surface area contributed by atoms with Crippen molar-refractivity contribution in [2.75, 3.05) is 0 Å². The van der Waals surface area contributed by atoms with Gasteiger partial charge >= 0.3 is 0 Å². The molecule has 0 aliphatic carbocycles. The van der Waals surface area contributed by atoms with Crippen LogP contribution in [0, 0.1) is 23.2 Å². The number of hydrogen-bond acceptors (Lipinski definition) is 2. The normalized spacial score (nSPS) is 14.6. The van der Waals surface area contributed by atoms with Gasteiger partial charge in [-0.25, -0.2) is 0 Å². The van der Waals surface area contributed by atoms with Crippen LogP contribution in [-0.4, -0.2) is 11.9 Å². The number of nitrogens with zero attached hydrogens (tertiary/aromatic N) is 1. The van der Waals surface area contributed by atoms with Crippen LogP contribution in [0.3, 0.4) is 0 Å². The highest BCUT2D eigenvalue weighted by atomic mass is 16.1. The molecule has 0 fully saturated rings. The molecule has 1 N–H and O–H groups in total. The highest BCUT2D eigenvalue weighted by Crippen LogP contribution is 2.10. The molecule has 0 saturated carbocycles. The zero-order valence-electron chi connectivity index (χ0n) is 9.50. The molecule has 3 nitrogen and oxygen atoms in total. The van der Waals surface area contributed by atoms with Crippen molar-refractivity contribution < 1.29 is 4.79 Å². The number of nitrogens with one attached hydrogen (secondary N) is 1. The van der Waals surface area contributed by atoms with Gasteiger partial charge in [-0.05, 0) is 12.3 Å². The molecule has 2 unspecified atom stereocenters. The molecule has 0 heterocycles. The fourth-order valence-electron chi connectivity index (χ4n) is 1.06. The first kappa shape index (κ1) is 13.0. The number of amides is 1.